The van der Waals surface area contributed by atoms with Crippen LogP contribution in [-0.4, -0.2) is 19.9 Å². The van der Waals surface area contributed by atoms with Gasteiger partial charge in [0.25, 0.3) is 0 Å². The van der Waals surface area contributed by atoms with Crippen LogP contribution in [0.3, 0.4) is 0 Å². The minimum absolute atomic E-state index is 0.199. The monoisotopic (exact) mass is 251 g/mol. The molecule has 0 spiro atoms. The fraction of sp³-hybridized carbons (Fsp3) is 0.571. The van der Waals surface area contributed by atoms with Gasteiger partial charge in [-0.1, -0.05) is 18.9 Å². The van der Waals surface area contributed by atoms with Crippen LogP contribution in [0.2, 0.25) is 0 Å². The van der Waals surface area contributed by atoms with Crippen LogP contribution < -0.4 is 10.5 Å². The van der Waals surface area contributed by atoms with Crippen molar-refractivity contribution in [2.75, 3.05) is 19.9 Å². The Kier molecular flexibility index (Phi) is 4.00. The van der Waals surface area contributed by atoms with Gasteiger partial charge in [0.15, 0.2) is 0 Å². The Morgan fingerprint density at radius 2 is 2.06 bits per heavy atom. The molecular weight excluding hydrogens is 230 g/mol. The quantitative estimate of drug-likeness (QED) is 0.835. The maximum absolute atomic E-state index is 6.02. The lowest BCUT2D eigenvalue weighted by Crippen LogP contribution is -2.31. The van der Waals surface area contributed by atoms with E-state index in [0.29, 0.717) is 0 Å². The zero-order chi connectivity index (χ0) is 12.3. The summed E-state index contributed by atoms with van der Waals surface area (Å²) in [5.41, 5.74) is 7.57. The van der Waals surface area contributed by atoms with Crippen molar-refractivity contribution in [2.24, 2.45) is 5.73 Å². The van der Waals surface area contributed by atoms with Crippen molar-refractivity contribution in [3.63, 3.8) is 0 Å². The lowest BCUT2D eigenvalue weighted by molar-refractivity contribution is 0.398. The summed E-state index contributed by atoms with van der Waals surface area (Å²) in [5, 5.41) is 0. The number of nitrogens with two attached hydrogens (primary N) is 1. The van der Waals surface area contributed by atoms with E-state index in [0.717, 1.165) is 12.3 Å². The van der Waals surface area contributed by atoms with Crippen LogP contribution >= 0.6 is 11.8 Å². The van der Waals surface area contributed by atoms with Gasteiger partial charge in [-0.15, -0.1) is 11.8 Å². The average molecular weight is 251 g/mol. The Morgan fingerprint density at radius 1 is 1.35 bits per heavy atom. The summed E-state index contributed by atoms with van der Waals surface area (Å²) >= 11 is 1.72. The van der Waals surface area contributed by atoms with E-state index in [1.165, 1.54) is 36.1 Å². The molecule has 1 aromatic rings. The number of rotatable bonds is 4. The zero-order valence-corrected chi connectivity index (χ0v) is 11.5. The molecule has 1 fully saturated rings. The lowest BCUT2D eigenvalue weighted by atomic mass is 9.79. The summed E-state index contributed by atoms with van der Waals surface area (Å²) in [6, 6.07) is 6.57. The number of benzene rings is 1. The van der Waals surface area contributed by atoms with Gasteiger partial charge in [-0.2, -0.15) is 0 Å². The van der Waals surface area contributed by atoms with Crippen molar-refractivity contribution >= 4 is 11.8 Å². The van der Waals surface area contributed by atoms with Crippen LogP contribution in [0.15, 0.2) is 23.1 Å². The molecular formula is C14H21NOS. The van der Waals surface area contributed by atoms with Gasteiger partial charge < -0.3 is 10.5 Å². The van der Waals surface area contributed by atoms with Crippen LogP contribution in [0.25, 0.3) is 0 Å². The van der Waals surface area contributed by atoms with E-state index < -0.39 is 0 Å². The van der Waals surface area contributed by atoms with Crippen molar-refractivity contribution in [1.29, 1.82) is 0 Å². The number of methoxy groups -OCH3 is 1. The predicted molar refractivity (Wildman–Crippen MR) is 74.0 cm³/mol. The van der Waals surface area contributed by atoms with Gasteiger partial charge in [0.2, 0.25) is 0 Å². The zero-order valence-electron chi connectivity index (χ0n) is 10.7. The normalized spacial score (nSPS) is 18.3. The van der Waals surface area contributed by atoms with Gasteiger partial charge in [-0.25, -0.2) is 0 Å². The van der Waals surface area contributed by atoms with E-state index in [9.17, 15) is 0 Å². The van der Waals surface area contributed by atoms with E-state index >= 15 is 0 Å². The maximum Gasteiger partial charge on any atom is 0.132 e. The van der Waals surface area contributed by atoms with E-state index in [1.807, 2.05) is 0 Å². The molecule has 0 atom stereocenters. The Hall–Kier alpha value is -0.670. The molecule has 2 rings (SSSR count). The molecule has 17 heavy (non-hydrogen) atoms. The molecule has 1 aliphatic carbocycles. The Balaban J connectivity index is 2.38. The van der Waals surface area contributed by atoms with E-state index in [1.54, 1.807) is 18.9 Å². The second kappa shape index (κ2) is 5.32. The first-order valence-electron chi connectivity index (χ1n) is 6.18. The van der Waals surface area contributed by atoms with Crippen LogP contribution in [0.4, 0.5) is 0 Å². The molecule has 0 heterocycles. The third-order valence-electron chi connectivity index (χ3n) is 3.95. The first kappa shape index (κ1) is 12.8. The summed E-state index contributed by atoms with van der Waals surface area (Å²) in [6.45, 7) is 0.745. The maximum atomic E-state index is 6.02. The fourth-order valence-electron chi connectivity index (χ4n) is 2.83. The highest BCUT2D eigenvalue weighted by Gasteiger charge is 2.34. The Bertz CT molecular complexity index is 386. The van der Waals surface area contributed by atoms with E-state index in [4.69, 9.17) is 10.5 Å². The summed E-state index contributed by atoms with van der Waals surface area (Å²) in [5.74, 6) is 0.981. The van der Waals surface area contributed by atoms with Crippen molar-refractivity contribution in [2.45, 2.75) is 36.0 Å². The Labute approximate surface area is 108 Å². The van der Waals surface area contributed by atoms with Gasteiger partial charge in [0, 0.05) is 16.9 Å². The molecule has 3 heteroatoms. The molecule has 2 nitrogen and oxygen atoms in total. The molecule has 0 radical (unpaired) electrons. The molecule has 0 aromatic heterocycles. The first-order valence-corrected chi connectivity index (χ1v) is 7.41. The minimum atomic E-state index is 0.199. The molecule has 2 N–H and O–H groups in total. The number of hydrogen-bond acceptors (Lipinski definition) is 3. The topological polar surface area (TPSA) is 35.2 Å². The van der Waals surface area contributed by atoms with Crippen molar-refractivity contribution in [3.8, 4) is 5.75 Å². The van der Waals surface area contributed by atoms with Crippen LogP contribution in [0.1, 0.15) is 31.2 Å². The summed E-state index contributed by atoms with van der Waals surface area (Å²) in [6.07, 6.45) is 7.09. The van der Waals surface area contributed by atoms with Crippen LogP contribution in [0.5, 0.6) is 5.75 Å². The molecule has 0 aliphatic heterocycles. The van der Waals surface area contributed by atoms with Crippen molar-refractivity contribution in [3.05, 3.63) is 23.8 Å². The smallest absolute Gasteiger partial charge is 0.132 e. The Morgan fingerprint density at radius 3 is 2.59 bits per heavy atom. The molecule has 0 amide bonds. The van der Waals surface area contributed by atoms with Gasteiger partial charge in [0.1, 0.15) is 5.75 Å². The highest BCUT2D eigenvalue weighted by Crippen LogP contribution is 2.42. The minimum Gasteiger partial charge on any atom is -0.496 e. The van der Waals surface area contributed by atoms with Gasteiger partial charge in [-0.05, 0) is 36.8 Å². The average Bonchev–Trinajstić information content (AvgIpc) is 2.88. The highest BCUT2D eigenvalue weighted by atomic mass is 32.2. The number of thioether (sulfide) groups is 1. The predicted octanol–water partition coefficient (Wildman–Crippen LogP) is 3.19. The van der Waals surface area contributed by atoms with E-state index in [2.05, 4.69) is 24.5 Å². The van der Waals surface area contributed by atoms with Gasteiger partial charge in [0.05, 0.1) is 7.11 Å². The molecule has 1 saturated carbocycles. The first-order chi connectivity index (χ1) is 8.25. The number of hydrogen-bond donors (Lipinski definition) is 1. The second-order valence-corrected chi connectivity index (χ2v) is 5.61. The lowest BCUT2D eigenvalue weighted by Gasteiger charge is -2.28. The standard InChI is InChI=1S/C14H21NOS/c1-16-12-9-11(5-6-13(12)17-2)14(10-15)7-3-4-8-14/h5-6,9H,3-4,7-8,10,15H2,1-2H3. The molecule has 1 aromatic carbocycles. The third kappa shape index (κ3) is 2.31. The molecule has 1 aliphatic rings. The largest absolute Gasteiger partial charge is 0.496 e. The molecule has 94 valence electrons. The van der Waals surface area contributed by atoms with Crippen molar-refractivity contribution in [1.82, 2.24) is 0 Å². The SMILES string of the molecule is COc1cc(C2(CN)CCCC2)ccc1SC. The molecule has 0 unspecified atom stereocenters. The summed E-state index contributed by atoms with van der Waals surface area (Å²) in [4.78, 5) is 1.20. The molecule has 0 bridgehead atoms. The highest BCUT2D eigenvalue weighted by molar-refractivity contribution is 7.98. The summed E-state index contributed by atoms with van der Waals surface area (Å²) < 4.78 is 5.46. The summed E-state index contributed by atoms with van der Waals surface area (Å²) in [7, 11) is 1.74. The molecule has 0 saturated heterocycles. The van der Waals surface area contributed by atoms with Crippen LogP contribution in [-0.2, 0) is 5.41 Å². The van der Waals surface area contributed by atoms with Gasteiger partial charge >= 0.3 is 0 Å². The third-order valence-corrected chi connectivity index (χ3v) is 4.72. The van der Waals surface area contributed by atoms with E-state index in [-0.39, 0.29) is 5.41 Å². The number of ether oxygens (including phenoxy) is 1. The fourth-order valence-corrected chi connectivity index (χ4v) is 3.38. The second-order valence-electron chi connectivity index (χ2n) is 4.76. The van der Waals surface area contributed by atoms with Crippen molar-refractivity contribution < 1.29 is 4.74 Å². The van der Waals surface area contributed by atoms with Crippen LogP contribution in [0, 0.1) is 0 Å². The van der Waals surface area contributed by atoms with Gasteiger partial charge in [-0.3, -0.25) is 0 Å².